The highest BCUT2D eigenvalue weighted by Crippen LogP contribution is 2.37. The van der Waals surface area contributed by atoms with Gasteiger partial charge in [0.05, 0.1) is 22.7 Å². The highest BCUT2D eigenvalue weighted by atomic mass is 15.0. The van der Waals surface area contributed by atoms with E-state index in [1.807, 2.05) is 91.0 Å². The van der Waals surface area contributed by atoms with Gasteiger partial charge in [-0.15, -0.1) is 0 Å². The van der Waals surface area contributed by atoms with Gasteiger partial charge >= 0.3 is 0 Å². The molecule has 0 N–H and O–H groups in total. The van der Waals surface area contributed by atoms with Crippen molar-refractivity contribution in [2.45, 2.75) is 0 Å². The van der Waals surface area contributed by atoms with E-state index in [4.69, 9.17) is 15.0 Å². The first-order valence-electron chi connectivity index (χ1n) is 16.8. The number of benzene rings is 7. The Morgan fingerprint density at radius 3 is 1.20 bits per heavy atom. The van der Waals surface area contributed by atoms with Crippen LogP contribution in [0.15, 0.2) is 176 Å². The lowest BCUT2D eigenvalue weighted by molar-refractivity contribution is 1.07. The molecule has 0 bridgehead atoms. The summed E-state index contributed by atoms with van der Waals surface area (Å²) in [5.41, 5.74) is 11.3. The van der Waals surface area contributed by atoms with Gasteiger partial charge in [-0.2, -0.15) is 5.26 Å². The molecule has 0 radical (unpaired) electrons. The van der Waals surface area contributed by atoms with E-state index in [9.17, 15) is 5.26 Å². The first-order chi connectivity index (χ1) is 25.2. The van der Waals surface area contributed by atoms with E-state index in [0.717, 1.165) is 55.7 Å². The summed E-state index contributed by atoms with van der Waals surface area (Å²) in [5, 5.41) is 11.6. The van der Waals surface area contributed by atoms with Gasteiger partial charge in [-0.05, 0) is 70.8 Å². The van der Waals surface area contributed by atoms with Crippen LogP contribution in [-0.4, -0.2) is 19.5 Å². The van der Waals surface area contributed by atoms with Gasteiger partial charge in [0.2, 0.25) is 0 Å². The lowest BCUT2D eigenvalue weighted by atomic mass is 9.99. The molecular formula is C46H29N5. The molecule has 5 nitrogen and oxygen atoms in total. The molecule has 238 valence electrons. The second-order valence-electron chi connectivity index (χ2n) is 12.4. The quantitative estimate of drug-likeness (QED) is 0.179. The summed E-state index contributed by atoms with van der Waals surface area (Å²) in [6.45, 7) is 0. The Bertz CT molecular complexity index is 2650. The Kier molecular flexibility index (Phi) is 7.46. The molecule has 2 aromatic heterocycles. The minimum atomic E-state index is 0.631. The number of hydrogen-bond acceptors (Lipinski definition) is 4. The Hall–Kier alpha value is -7.16. The van der Waals surface area contributed by atoms with Gasteiger partial charge in [0.15, 0.2) is 17.5 Å². The van der Waals surface area contributed by atoms with Crippen molar-refractivity contribution >= 4 is 21.8 Å². The Balaban J connectivity index is 1.14. The topological polar surface area (TPSA) is 67.4 Å². The van der Waals surface area contributed by atoms with Crippen molar-refractivity contribution in [1.82, 2.24) is 19.5 Å². The minimum absolute atomic E-state index is 0.631. The molecule has 2 heterocycles. The van der Waals surface area contributed by atoms with Gasteiger partial charge in [0.1, 0.15) is 0 Å². The zero-order valence-corrected chi connectivity index (χ0v) is 27.5. The van der Waals surface area contributed by atoms with Crippen molar-refractivity contribution in [3.05, 3.63) is 181 Å². The molecule has 51 heavy (non-hydrogen) atoms. The van der Waals surface area contributed by atoms with Gasteiger partial charge in [-0.1, -0.05) is 127 Å². The van der Waals surface area contributed by atoms with Crippen LogP contribution in [0.4, 0.5) is 0 Å². The van der Waals surface area contributed by atoms with Crippen molar-refractivity contribution in [1.29, 1.82) is 5.26 Å². The van der Waals surface area contributed by atoms with Crippen molar-refractivity contribution in [3.8, 4) is 68.2 Å². The van der Waals surface area contributed by atoms with Crippen molar-refractivity contribution in [3.63, 3.8) is 0 Å². The number of nitriles is 1. The first-order valence-corrected chi connectivity index (χ1v) is 16.8. The van der Waals surface area contributed by atoms with Gasteiger partial charge in [-0.3, -0.25) is 0 Å². The third-order valence-electron chi connectivity index (χ3n) is 9.30. The summed E-state index contributed by atoms with van der Waals surface area (Å²) in [7, 11) is 0. The molecule has 9 aromatic rings. The molecule has 0 saturated heterocycles. The van der Waals surface area contributed by atoms with Crippen LogP contribution in [-0.2, 0) is 0 Å². The molecular weight excluding hydrogens is 623 g/mol. The van der Waals surface area contributed by atoms with Crippen LogP contribution in [0.2, 0.25) is 0 Å². The molecule has 0 amide bonds. The number of rotatable bonds is 6. The van der Waals surface area contributed by atoms with Gasteiger partial charge in [0, 0.05) is 33.2 Å². The van der Waals surface area contributed by atoms with Crippen LogP contribution in [0.5, 0.6) is 0 Å². The number of para-hydroxylation sites is 1. The van der Waals surface area contributed by atoms with Gasteiger partial charge < -0.3 is 4.57 Å². The second kappa shape index (κ2) is 12.7. The zero-order chi connectivity index (χ0) is 34.1. The Morgan fingerprint density at radius 2 is 0.745 bits per heavy atom. The number of aromatic nitrogens is 4. The molecule has 0 aliphatic carbocycles. The van der Waals surface area contributed by atoms with Gasteiger partial charge in [0.25, 0.3) is 0 Å². The van der Waals surface area contributed by atoms with E-state index < -0.39 is 0 Å². The lowest BCUT2D eigenvalue weighted by Gasteiger charge is -2.10. The van der Waals surface area contributed by atoms with Crippen LogP contribution in [0.3, 0.4) is 0 Å². The number of fused-ring (bicyclic) bond motifs is 3. The number of hydrogen-bond donors (Lipinski definition) is 0. The number of nitrogens with zero attached hydrogens (tertiary/aromatic N) is 5. The SMILES string of the molecule is N#Cc1ccc(-c2ccc3c(c2)c2cc(-c4ccc(-c5nc(-c6ccccc6)nc(-c6ccccc6)n5)cc4)ccc2n3-c2ccccc2)cc1. The largest absolute Gasteiger partial charge is 0.309 e. The Labute approximate surface area is 295 Å². The van der Waals surface area contributed by atoms with Gasteiger partial charge in [-0.25, -0.2) is 15.0 Å². The van der Waals surface area contributed by atoms with E-state index in [1.165, 1.54) is 10.8 Å². The molecule has 9 rings (SSSR count). The molecule has 0 aliphatic rings. The summed E-state index contributed by atoms with van der Waals surface area (Å²) in [4.78, 5) is 14.7. The fourth-order valence-corrected chi connectivity index (χ4v) is 6.72. The molecule has 0 saturated carbocycles. The average molecular weight is 652 g/mol. The van der Waals surface area contributed by atoms with Crippen LogP contribution in [0.1, 0.15) is 5.56 Å². The summed E-state index contributed by atoms with van der Waals surface area (Å²) in [6, 6.07) is 62.4. The summed E-state index contributed by atoms with van der Waals surface area (Å²) < 4.78 is 2.33. The summed E-state index contributed by atoms with van der Waals surface area (Å²) in [5.74, 6) is 1.92. The third-order valence-corrected chi connectivity index (χ3v) is 9.30. The third kappa shape index (κ3) is 5.61. The van der Waals surface area contributed by atoms with E-state index >= 15 is 0 Å². The molecule has 0 spiro atoms. The smallest absolute Gasteiger partial charge is 0.164 e. The van der Waals surface area contributed by atoms with Crippen LogP contribution < -0.4 is 0 Å². The highest BCUT2D eigenvalue weighted by Gasteiger charge is 2.16. The first kappa shape index (κ1) is 29.9. The summed E-state index contributed by atoms with van der Waals surface area (Å²) in [6.07, 6.45) is 0. The molecule has 0 aliphatic heterocycles. The lowest BCUT2D eigenvalue weighted by Crippen LogP contribution is -2.00. The minimum Gasteiger partial charge on any atom is -0.309 e. The molecule has 5 heteroatoms. The maximum atomic E-state index is 9.31. The highest BCUT2D eigenvalue weighted by molar-refractivity contribution is 6.11. The predicted molar refractivity (Wildman–Crippen MR) is 206 cm³/mol. The second-order valence-corrected chi connectivity index (χ2v) is 12.4. The standard InChI is InChI=1S/C46H29N5/c47-30-31-16-18-32(19-17-31)37-24-26-42-40(28-37)41-29-38(25-27-43(41)51(42)39-14-8-3-9-15-39)33-20-22-36(23-21-33)46-49-44(34-10-4-1-5-11-34)48-45(50-46)35-12-6-2-7-13-35/h1-29H. The Morgan fingerprint density at radius 1 is 0.373 bits per heavy atom. The van der Waals surface area contributed by atoms with Crippen molar-refractivity contribution in [2.75, 3.05) is 0 Å². The summed E-state index contributed by atoms with van der Waals surface area (Å²) >= 11 is 0. The van der Waals surface area contributed by atoms with E-state index in [2.05, 4.69) is 95.6 Å². The zero-order valence-electron chi connectivity index (χ0n) is 27.5. The van der Waals surface area contributed by atoms with Crippen LogP contribution >= 0.6 is 0 Å². The maximum absolute atomic E-state index is 9.31. The van der Waals surface area contributed by atoms with Crippen LogP contribution in [0, 0.1) is 11.3 Å². The van der Waals surface area contributed by atoms with Crippen molar-refractivity contribution < 1.29 is 0 Å². The normalized spacial score (nSPS) is 11.1. The fraction of sp³-hybridized carbons (Fsp3) is 0. The predicted octanol–water partition coefficient (Wildman–Crippen LogP) is 11.2. The molecule has 0 fully saturated rings. The van der Waals surface area contributed by atoms with E-state index in [1.54, 1.807) is 0 Å². The monoisotopic (exact) mass is 651 g/mol. The van der Waals surface area contributed by atoms with E-state index in [0.29, 0.717) is 23.0 Å². The molecule has 7 aromatic carbocycles. The van der Waals surface area contributed by atoms with Crippen molar-refractivity contribution in [2.24, 2.45) is 0 Å². The molecule has 0 unspecified atom stereocenters. The molecule has 0 atom stereocenters. The maximum Gasteiger partial charge on any atom is 0.164 e. The fourth-order valence-electron chi connectivity index (χ4n) is 6.72. The van der Waals surface area contributed by atoms with E-state index in [-0.39, 0.29) is 0 Å². The van der Waals surface area contributed by atoms with Crippen LogP contribution in [0.25, 0.3) is 83.9 Å². The average Bonchev–Trinajstić information content (AvgIpc) is 3.55.